The zero-order valence-corrected chi connectivity index (χ0v) is 25.1. The van der Waals surface area contributed by atoms with Crippen LogP contribution in [0.1, 0.15) is 23.7 Å². The van der Waals surface area contributed by atoms with E-state index in [1.807, 2.05) is 32.0 Å². The van der Waals surface area contributed by atoms with E-state index in [-0.39, 0.29) is 11.6 Å². The van der Waals surface area contributed by atoms with Crippen molar-refractivity contribution in [3.05, 3.63) is 83.6 Å². The molecule has 5 rings (SSSR count). The second kappa shape index (κ2) is 12.3. The van der Waals surface area contributed by atoms with Crippen LogP contribution in [0.3, 0.4) is 0 Å². The van der Waals surface area contributed by atoms with Crippen molar-refractivity contribution >= 4 is 0 Å². The number of ether oxygens (including phenoxy) is 4. The maximum atomic E-state index is 14.2. The molecule has 0 saturated heterocycles. The highest BCUT2D eigenvalue weighted by Crippen LogP contribution is 2.41. The molecule has 8 nitrogen and oxygen atoms in total. The van der Waals surface area contributed by atoms with Crippen molar-refractivity contribution in [2.45, 2.75) is 26.4 Å². The third-order valence-corrected chi connectivity index (χ3v) is 7.19. The molecular formula is C33H31F3N4O4. The lowest BCUT2D eigenvalue weighted by Gasteiger charge is -2.14. The van der Waals surface area contributed by atoms with Gasteiger partial charge in [-0.1, -0.05) is 36.8 Å². The second-order valence-corrected chi connectivity index (χ2v) is 9.88. The second-order valence-electron chi connectivity index (χ2n) is 9.88. The maximum absolute atomic E-state index is 14.2. The van der Waals surface area contributed by atoms with Crippen LogP contribution < -0.4 is 18.9 Å². The molecule has 0 saturated carbocycles. The fourth-order valence-electron chi connectivity index (χ4n) is 4.97. The van der Waals surface area contributed by atoms with Gasteiger partial charge in [0.15, 0.2) is 28.7 Å². The fourth-order valence-corrected chi connectivity index (χ4v) is 4.97. The Morgan fingerprint density at radius 1 is 0.682 bits per heavy atom. The van der Waals surface area contributed by atoms with E-state index < -0.39 is 11.9 Å². The van der Waals surface area contributed by atoms with E-state index >= 15 is 0 Å². The third kappa shape index (κ3) is 5.77. The Kier molecular flexibility index (Phi) is 8.48. The average Bonchev–Trinajstić information content (AvgIpc) is 3.43. The Balaban J connectivity index is 1.84. The van der Waals surface area contributed by atoms with Crippen molar-refractivity contribution in [3.63, 3.8) is 0 Å². The summed E-state index contributed by atoms with van der Waals surface area (Å²) in [5.41, 5.74) is 3.59. The number of aromatic nitrogens is 4. The first kappa shape index (κ1) is 30.4. The summed E-state index contributed by atoms with van der Waals surface area (Å²) in [6, 6.07) is 18.6. The monoisotopic (exact) mass is 604 g/mol. The van der Waals surface area contributed by atoms with Crippen LogP contribution in [0.2, 0.25) is 0 Å². The molecule has 2 heterocycles. The molecule has 0 unspecified atom stereocenters. The summed E-state index contributed by atoms with van der Waals surface area (Å²) in [6.45, 7) is 3.85. The summed E-state index contributed by atoms with van der Waals surface area (Å²) in [7, 11) is 6.10. The number of benzene rings is 3. The number of alkyl halides is 3. The van der Waals surface area contributed by atoms with Crippen molar-refractivity contribution in [1.29, 1.82) is 0 Å². The minimum atomic E-state index is -4.73. The van der Waals surface area contributed by atoms with Gasteiger partial charge in [-0.3, -0.25) is 0 Å². The molecule has 0 aliphatic heterocycles. The Morgan fingerprint density at radius 2 is 1.23 bits per heavy atom. The van der Waals surface area contributed by atoms with Crippen molar-refractivity contribution in [3.8, 4) is 62.7 Å². The molecule has 0 bridgehead atoms. The zero-order chi connectivity index (χ0) is 31.6. The minimum absolute atomic E-state index is 0.113. The number of nitrogens with zero attached hydrogens (tertiary/aromatic N) is 4. The van der Waals surface area contributed by atoms with Crippen molar-refractivity contribution < 1.29 is 32.1 Å². The van der Waals surface area contributed by atoms with Gasteiger partial charge in [0.25, 0.3) is 5.95 Å². The Morgan fingerprint density at radius 3 is 1.77 bits per heavy atom. The van der Waals surface area contributed by atoms with E-state index in [1.54, 1.807) is 42.5 Å². The van der Waals surface area contributed by atoms with Crippen LogP contribution in [0.15, 0.2) is 66.7 Å². The number of halogens is 3. The summed E-state index contributed by atoms with van der Waals surface area (Å²) < 4.78 is 66.0. The number of methoxy groups -OCH3 is 4. The van der Waals surface area contributed by atoms with E-state index in [0.29, 0.717) is 57.5 Å². The van der Waals surface area contributed by atoms with Gasteiger partial charge in [0.1, 0.15) is 0 Å². The molecule has 0 aliphatic carbocycles. The van der Waals surface area contributed by atoms with Gasteiger partial charge < -0.3 is 18.9 Å². The average molecular weight is 605 g/mol. The van der Waals surface area contributed by atoms with Crippen LogP contribution in [0.5, 0.6) is 23.0 Å². The Labute approximate surface area is 253 Å². The van der Waals surface area contributed by atoms with E-state index in [4.69, 9.17) is 24.0 Å². The molecule has 0 aliphatic rings. The first-order chi connectivity index (χ1) is 21.1. The lowest BCUT2D eigenvalue weighted by atomic mass is 9.99. The maximum Gasteiger partial charge on any atom is 0.433 e. The molecule has 0 atom stereocenters. The Hall–Kier alpha value is -5.06. The summed E-state index contributed by atoms with van der Waals surface area (Å²) >= 11 is 0. The summed E-state index contributed by atoms with van der Waals surface area (Å²) in [6.07, 6.45) is -4.25. The lowest BCUT2D eigenvalue weighted by Crippen LogP contribution is -2.14. The quantitative estimate of drug-likeness (QED) is 0.172. The zero-order valence-electron chi connectivity index (χ0n) is 25.1. The van der Waals surface area contributed by atoms with Crippen LogP contribution in [-0.4, -0.2) is 48.2 Å². The lowest BCUT2D eigenvalue weighted by molar-refractivity contribution is -0.141. The molecule has 0 spiro atoms. The summed E-state index contributed by atoms with van der Waals surface area (Å²) in [4.78, 5) is 8.60. The van der Waals surface area contributed by atoms with Gasteiger partial charge in [0, 0.05) is 22.3 Å². The number of hydrogen-bond donors (Lipinski definition) is 0. The number of hydrogen-bond acceptors (Lipinski definition) is 7. The number of rotatable bonds is 9. The van der Waals surface area contributed by atoms with Gasteiger partial charge in [-0.05, 0) is 55.8 Å². The van der Waals surface area contributed by atoms with Gasteiger partial charge in [-0.25, -0.2) is 9.97 Å². The van der Waals surface area contributed by atoms with Gasteiger partial charge in [0.2, 0.25) is 0 Å². The van der Waals surface area contributed by atoms with Crippen LogP contribution in [-0.2, 0) is 12.6 Å². The minimum Gasteiger partial charge on any atom is -0.493 e. The standard InChI is InChI=1S/C33H31F3N4O4/c1-7-23-30(21-12-14-25(41-3)27(16-21)43-5)39-40(31(23)22-13-15-26(42-4)28(17-22)44-6)32-37-24(18-29(38-32)33(34,35)36)20-10-8-19(2)9-11-20/h8-18H,7H2,1-6H3. The molecule has 3 aromatic carbocycles. The highest BCUT2D eigenvalue weighted by Gasteiger charge is 2.35. The van der Waals surface area contributed by atoms with Crippen LogP contribution in [0.25, 0.3) is 39.7 Å². The van der Waals surface area contributed by atoms with Crippen LogP contribution in [0.4, 0.5) is 13.2 Å². The molecule has 2 aromatic heterocycles. The molecule has 11 heteroatoms. The molecule has 0 fully saturated rings. The normalized spacial score (nSPS) is 11.4. The van der Waals surface area contributed by atoms with Gasteiger partial charge in [-0.2, -0.15) is 23.0 Å². The summed E-state index contributed by atoms with van der Waals surface area (Å²) in [5.74, 6) is 1.71. The van der Waals surface area contributed by atoms with E-state index in [0.717, 1.165) is 17.2 Å². The number of aryl methyl sites for hydroxylation is 1. The van der Waals surface area contributed by atoms with E-state index in [2.05, 4.69) is 9.97 Å². The van der Waals surface area contributed by atoms with Crippen molar-refractivity contribution in [2.24, 2.45) is 0 Å². The molecule has 5 aromatic rings. The Bertz CT molecular complexity index is 1800. The van der Waals surface area contributed by atoms with Gasteiger partial charge in [0.05, 0.1) is 45.5 Å². The SMILES string of the molecule is CCc1c(-c2ccc(OC)c(OC)c2)nn(-c2nc(-c3ccc(C)cc3)cc(C(F)(F)F)n2)c1-c1ccc(OC)c(OC)c1. The smallest absolute Gasteiger partial charge is 0.433 e. The highest BCUT2D eigenvalue weighted by molar-refractivity contribution is 5.78. The molecule has 44 heavy (non-hydrogen) atoms. The molecule has 228 valence electrons. The van der Waals surface area contributed by atoms with Crippen molar-refractivity contribution in [2.75, 3.05) is 28.4 Å². The topological polar surface area (TPSA) is 80.5 Å². The van der Waals surface area contributed by atoms with E-state index in [1.165, 1.54) is 33.1 Å². The fraction of sp³-hybridized carbons (Fsp3) is 0.242. The van der Waals surface area contributed by atoms with Gasteiger partial charge in [-0.15, -0.1) is 0 Å². The predicted octanol–water partition coefficient (Wildman–Crippen LogP) is 7.59. The molecular weight excluding hydrogens is 573 g/mol. The first-order valence-corrected chi connectivity index (χ1v) is 13.7. The predicted molar refractivity (Wildman–Crippen MR) is 161 cm³/mol. The third-order valence-electron chi connectivity index (χ3n) is 7.19. The largest absolute Gasteiger partial charge is 0.493 e. The first-order valence-electron chi connectivity index (χ1n) is 13.7. The molecule has 0 radical (unpaired) electrons. The van der Waals surface area contributed by atoms with Crippen molar-refractivity contribution in [1.82, 2.24) is 19.7 Å². The van der Waals surface area contributed by atoms with Gasteiger partial charge >= 0.3 is 6.18 Å². The van der Waals surface area contributed by atoms with Crippen LogP contribution >= 0.6 is 0 Å². The van der Waals surface area contributed by atoms with E-state index in [9.17, 15) is 13.2 Å². The molecule has 0 N–H and O–H groups in total. The summed E-state index contributed by atoms with van der Waals surface area (Å²) in [5, 5.41) is 4.85. The highest BCUT2D eigenvalue weighted by atomic mass is 19.4. The molecule has 0 amide bonds. The van der Waals surface area contributed by atoms with Crippen LogP contribution in [0, 0.1) is 6.92 Å².